The Morgan fingerprint density at radius 1 is 1.12 bits per heavy atom. The van der Waals surface area contributed by atoms with Gasteiger partial charge >= 0.3 is 0 Å². The number of benzene rings is 2. The molecule has 4 nitrogen and oxygen atoms in total. The van der Waals surface area contributed by atoms with Gasteiger partial charge in [0.25, 0.3) is 0 Å². The molecule has 1 heterocycles. The number of amides is 1. The van der Waals surface area contributed by atoms with Crippen molar-refractivity contribution in [1.82, 2.24) is 14.9 Å². The topological polar surface area (TPSA) is 46.9 Å². The van der Waals surface area contributed by atoms with Gasteiger partial charge in [0.05, 0.1) is 17.4 Å². The number of aryl methyl sites for hydroxylation is 1. The van der Waals surface area contributed by atoms with E-state index in [1.54, 1.807) is 11.8 Å². The summed E-state index contributed by atoms with van der Waals surface area (Å²) in [6, 6.07) is 15.9. The Labute approximate surface area is 163 Å². The maximum Gasteiger partial charge on any atom is 0.220 e. The van der Waals surface area contributed by atoms with Crippen molar-refractivity contribution in [3.8, 4) is 0 Å². The second-order valence-electron chi connectivity index (χ2n) is 6.04. The number of hydrogen-bond donors (Lipinski definition) is 1. The smallest absolute Gasteiger partial charge is 0.220 e. The highest BCUT2D eigenvalue weighted by molar-refractivity contribution is 7.99. The van der Waals surface area contributed by atoms with E-state index < -0.39 is 0 Å². The number of halogens is 1. The first-order valence-corrected chi connectivity index (χ1v) is 10.1. The van der Waals surface area contributed by atoms with Gasteiger partial charge in [0.15, 0.2) is 0 Å². The predicted molar refractivity (Wildman–Crippen MR) is 109 cm³/mol. The number of carbonyl (C=O) groups is 1. The standard InChI is InChI=1S/C20H22ClN3OS/c21-16-8-10-17(11-9-16)26-14-3-7-20(25)22-12-4-13-24-15-23-18-5-1-2-6-19(18)24/h1-2,5-6,8-11,15H,3-4,7,12-14H2,(H,22,25). The van der Waals surface area contributed by atoms with Crippen LogP contribution in [0.1, 0.15) is 19.3 Å². The van der Waals surface area contributed by atoms with E-state index in [0.717, 1.165) is 41.2 Å². The highest BCUT2D eigenvalue weighted by Gasteiger charge is 2.03. The molecule has 136 valence electrons. The lowest BCUT2D eigenvalue weighted by molar-refractivity contribution is -0.121. The zero-order chi connectivity index (χ0) is 18.2. The molecule has 0 aliphatic heterocycles. The molecule has 0 radical (unpaired) electrons. The van der Waals surface area contributed by atoms with Gasteiger partial charge in [0.2, 0.25) is 5.91 Å². The lowest BCUT2D eigenvalue weighted by Crippen LogP contribution is -2.25. The van der Waals surface area contributed by atoms with Crippen molar-refractivity contribution in [2.24, 2.45) is 0 Å². The maximum atomic E-state index is 11.9. The number of thioether (sulfide) groups is 1. The molecule has 0 fully saturated rings. The largest absolute Gasteiger partial charge is 0.356 e. The summed E-state index contributed by atoms with van der Waals surface area (Å²) in [4.78, 5) is 17.5. The number of hydrogen-bond acceptors (Lipinski definition) is 3. The van der Waals surface area contributed by atoms with Crippen LogP contribution >= 0.6 is 23.4 Å². The van der Waals surface area contributed by atoms with Crippen LogP contribution in [0.25, 0.3) is 11.0 Å². The van der Waals surface area contributed by atoms with E-state index in [1.807, 2.05) is 48.8 Å². The van der Waals surface area contributed by atoms with E-state index >= 15 is 0 Å². The van der Waals surface area contributed by atoms with Crippen LogP contribution in [0.5, 0.6) is 0 Å². The van der Waals surface area contributed by atoms with Crippen LogP contribution in [0, 0.1) is 0 Å². The molecule has 0 unspecified atom stereocenters. The second-order valence-corrected chi connectivity index (χ2v) is 7.64. The fraction of sp³-hybridized carbons (Fsp3) is 0.300. The first-order valence-electron chi connectivity index (χ1n) is 8.77. The molecule has 0 bridgehead atoms. The zero-order valence-electron chi connectivity index (χ0n) is 14.5. The van der Waals surface area contributed by atoms with Crippen LogP contribution in [0.2, 0.25) is 5.02 Å². The van der Waals surface area contributed by atoms with Crippen molar-refractivity contribution < 1.29 is 4.79 Å². The summed E-state index contributed by atoms with van der Waals surface area (Å²) < 4.78 is 2.13. The average molecular weight is 388 g/mol. The van der Waals surface area contributed by atoms with Gasteiger partial charge in [-0.3, -0.25) is 4.79 Å². The van der Waals surface area contributed by atoms with Gasteiger partial charge in [-0.25, -0.2) is 4.98 Å². The third-order valence-electron chi connectivity index (χ3n) is 4.06. The fourth-order valence-corrected chi connectivity index (χ4v) is 3.69. The van der Waals surface area contributed by atoms with Crippen molar-refractivity contribution in [2.75, 3.05) is 12.3 Å². The summed E-state index contributed by atoms with van der Waals surface area (Å²) in [5.41, 5.74) is 2.15. The molecule has 0 spiro atoms. The third-order valence-corrected chi connectivity index (χ3v) is 5.41. The van der Waals surface area contributed by atoms with Crippen LogP contribution in [0.3, 0.4) is 0 Å². The number of imidazole rings is 1. The number of aromatic nitrogens is 2. The molecule has 3 aromatic rings. The van der Waals surface area contributed by atoms with Crippen LogP contribution < -0.4 is 5.32 Å². The number of para-hydroxylation sites is 2. The molecule has 0 saturated heterocycles. The van der Waals surface area contributed by atoms with Gasteiger partial charge in [-0.05, 0) is 55.0 Å². The Morgan fingerprint density at radius 2 is 1.92 bits per heavy atom. The molecular formula is C20H22ClN3OS. The summed E-state index contributed by atoms with van der Waals surface area (Å²) in [5, 5.41) is 3.75. The Morgan fingerprint density at radius 3 is 2.77 bits per heavy atom. The highest BCUT2D eigenvalue weighted by Crippen LogP contribution is 2.21. The minimum atomic E-state index is 0.122. The van der Waals surface area contributed by atoms with E-state index in [0.29, 0.717) is 13.0 Å². The van der Waals surface area contributed by atoms with Crippen LogP contribution in [0.4, 0.5) is 0 Å². The van der Waals surface area contributed by atoms with Crippen LogP contribution in [-0.2, 0) is 11.3 Å². The van der Waals surface area contributed by atoms with Crippen molar-refractivity contribution in [3.05, 3.63) is 59.9 Å². The number of nitrogens with one attached hydrogen (secondary N) is 1. The summed E-state index contributed by atoms with van der Waals surface area (Å²) in [5.74, 6) is 1.05. The normalized spacial score (nSPS) is 11.0. The monoisotopic (exact) mass is 387 g/mol. The molecule has 0 aliphatic carbocycles. The van der Waals surface area contributed by atoms with E-state index in [-0.39, 0.29) is 5.91 Å². The molecule has 0 atom stereocenters. The summed E-state index contributed by atoms with van der Waals surface area (Å²) in [6.45, 7) is 1.54. The van der Waals surface area contributed by atoms with Crippen molar-refractivity contribution in [1.29, 1.82) is 0 Å². The van der Waals surface area contributed by atoms with E-state index in [9.17, 15) is 4.79 Å². The van der Waals surface area contributed by atoms with Crippen molar-refractivity contribution in [2.45, 2.75) is 30.7 Å². The summed E-state index contributed by atoms with van der Waals surface area (Å²) >= 11 is 7.62. The van der Waals surface area contributed by atoms with Crippen LogP contribution in [0.15, 0.2) is 59.8 Å². The van der Waals surface area contributed by atoms with Gasteiger partial charge < -0.3 is 9.88 Å². The fourth-order valence-electron chi connectivity index (χ4n) is 2.71. The van der Waals surface area contributed by atoms with E-state index in [4.69, 9.17) is 11.6 Å². The summed E-state index contributed by atoms with van der Waals surface area (Å²) in [6.07, 6.45) is 4.19. The second kappa shape index (κ2) is 9.64. The van der Waals surface area contributed by atoms with E-state index in [1.165, 1.54) is 4.90 Å². The molecule has 26 heavy (non-hydrogen) atoms. The Balaban J connectivity index is 1.29. The SMILES string of the molecule is O=C(CCCSc1ccc(Cl)cc1)NCCCn1cnc2ccccc21. The number of fused-ring (bicyclic) bond motifs is 1. The molecule has 2 aromatic carbocycles. The minimum absolute atomic E-state index is 0.122. The van der Waals surface area contributed by atoms with Gasteiger partial charge in [-0.15, -0.1) is 11.8 Å². The molecule has 6 heteroatoms. The quantitative estimate of drug-likeness (QED) is 0.425. The first-order chi connectivity index (χ1) is 12.7. The van der Waals surface area contributed by atoms with Gasteiger partial charge in [-0.2, -0.15) is 0 Å². The molecule has 0 saturated carbocycles. The average Bonchev–Trinajstić information content (AvgIpc) is 3.07. The van der Waals surface area contributed by atoms with Crippen LogP contribution in [-0.4, -0.2) is 27.8 Å². The number of rotatable bonds is 9. The predicted octanol–water partition coefficient (Wildman–Crippen LogP) is 4.77. The molecular weight excluding hydrogens is 366 g/mol. The number of carbonyl (C=O) groups excluding carboxylic acids is 1. The summed E-state index contributed by atoms with van der Waals surface area (Å²) in [7, 11) is 0. The third kappa shape index (κ3) is 5.51. The lowest BCUT2D eigenvalue weighted by atomic mass is 10.3. The van der Waals surface area contributed by atoms with Gasteiger partial charge in [-0.1, -0.05) is 23.7 Å². The highest BCUT2D eigenvalue weighted by atomic mass is 35.5. The first kappa shape index (κ1) is 18.8. The molecule has 1 aromatic heterocycles. The molecule has 1 N–H and O–H groups in total. The minimum Gasteiger partial charge on any atom is -0.356 e. The Hall–Kier alpha value is -1.98. The van der Waals surface area contributed by atoms with Crippen molar-refractivity contribution >= 4 is 40.3 Å². The zero-order valence-corrected chi connectivity index (χ0v) is 16.1. The van der Waals surface area contributed by atoms with Crippen molar-refractivity contribution in [3.63, 3.8) is 0 Å². The maximum absolute atomic E-state index is 11.9. The molecule has 3 rings (SSSR count). The van der Waals surface area contributed by atoms with E-state index in [2.05, 4.69) is 20.9 Å². The van der Waals surface area contributed by atoms with Gasteiger partial charge in [0, 0.05) is 29.4 Å². The Kier molecular flexibility index (Phi) is 6.97. The molecule has 0 aliphatic rings. The van der Waals surface area contributed by atoms with Gasteiger partial charge in [0.1, 0.15) is 0 Å². The molecule has 1 amide bonds. The Bertz CT molecular complexity index is 848. The lowest BCUT2D eigenvalue weighted by Gasteiger charge is -2.07. The number of nitrogens with zero attached hydrogens (tertiary/aromatic N) is 2.